The van der Waals surface area contributed by atoms with Gasteiger partial charge in [-0.1, -0.05) is 39.9 Å². The normalized spacial score (nSPS) is 15.4. The molecule has 0 spiro atoms. The summed E-state index contributed by atoms with van der Waals surface area (Å²) < 4.78 is 26.9. The first kappa shape index (κ1) is 13.7. The molecule has 84 valence electrons. The Morgan fingerprint density at radius 2 is 1.79 bits per heavy atom. The number of rotatable bonds is 5. The van der Waals surface area contributed by atoms with Crippen molar-refractivity contribution in [1.82, 2.24) is 0 Å². The predicted molar refractivity (Wildman–Crippen MR) is 57.4 cm³/mol. The first-order chi connectivity index (χ1) is 6.11. The summed E-state index contributed by atoms with van der Waals surface area (Å²) >= 11 is 0. The third-order valence-corrected chi connectivity index (χ3v) is 4.04. The van der Waals surface area contributed by atoms with E-state index in [-0.39, 0.29) is 12.3 Å². The number of carbonyl (C=O) groups is 1. The van der Waals surface area contributed by atoms with Gasteiger partial charge in [-0.25, -0.2) is 0 Å². The standard InChI is InChI=1S/C10H20F2OSi/c1-6-8(2)7-10(11,12)9(13)14(3,4)5/h8H,6-7H2,1-5H3. The van der Waals surface area contributed by atoms with E-state index in [2.05, 4.69) is 0 Å². The molecule has 1 unspecified atom stereocenters. The molecule has 0 rings (SSSR count). The van der Waals surface area contributed by atoms with Crippen molar-refractivity contribution in [3.05, 3.63) is 0 Å². The average Bonchev–Trinajstić information content (AvgIpc) is 2.00. The lowest BCUT2D eigenvalue weighted by Crippen LogP contribution is -2.46. The van der Waals surface area contributed by atoms with Gasteiger partial charge in [0, 0.05) is 6.42 Å². The zero-order chi connectivity index (χ0) is 11.6. The number of hydrogen-bond donors (Lipinski definition) is 0. The van der Waals surface area contributed by atoms with Gasteiger partial charge in [0.15, 0.2) is 5.41 Å². The Bertz CT molecular complexity index is 209. The van der Waals surface area contributed by atoms with Crippen LogP contribution < -0.4 is 0 Å². The van der Waals surface area contributed by atoms with E-state index in [9.17, 15) is 13.6 Å². The molecule has 0 aromatic heterocycles. The van der Waals surface area contributed by atoms with Gasteiger partial charge < -0.3 is 0 Å². The predicted octanol–water partition coefficient (Wildman–Crippen LogP) is 3.50. The van der Waals surface area contributed by atoms with Crippen molar-refractivity contribution in [3.63, 3.8) is 0 Å². The minimum absolute atomic E-state index is 0.0923. The molecule has 0 saturated carbocycles. The molecule has 0 radical (unpaired) electrons. The number of carbonyl (C=O) groups excluding carboxylic acids is 1. The van der Waals surface area contributed by atoms with Gasteiger partial charge in [0.05, 0.1) is 0 Å². The second-order valence-corrected chi connectivity index (χ2v) is 9.96. The maximum atomic E-state index is 13.4. The Kier molecular flexibility index (Phi) is 4.43. The molecular formula is C10H20F2OSi. The molecule has 4 heteroatoms. The van der Waals surface area contributed by atoms with Gasteiger partial charge in [-0.3, -0.25) is 4.79 Å². The van der Waals surface area contributed by atoms with Gasteiger partial charge in [0.2, 0.25) is 0 Å². The summed E-state index contributed by atoms with van der Waals surface area (Å²) in [5.74, 6) is -3.20. The second kappa shape index (κ2) is 4.51. The summed E-state index contributed by atoms with van der Waals surface area (Å²) in [4.78, 5) is 11.4. The molecule has 0 aliphatic carbocycles. The van der Waals surface area contributed by atoms with Crippen molar-refractivity contribution >= 4 is 13.5 Å². The van der Waals surface area contributed by atoms with E-state index in [1.165, 1.54) is 0 Å². The number of hydrogen-bond acceptors (Lipinski definition) is 1. The summed E-state index contributed by atoms with van der Waals surface area (Å²) in [6.45, 7) is 8.62. The summed E-state index contributed by atoms with van der Waals surface area (Å²) in [5.41, 5.74) is 0. The highest BCUT2D eigenvalue weighted by Gasteiger charge is 2.45. The molecule has 0 N–H and O–H groups in total. The van der Waals surface area contributed by atoms with Crippen LogP contribution in [0.3, 0.4) is 0 Å². The molecule has 14 heavy (non-hydrogen) atoms. The highest BCUT2D eigenvalue weighted by atomic mass is 28.3. The van der Waals surface area contributed by atoms with Gasteiger partial charge in [0.25, 0.3) is 0 Å². The largest absolute Gasteiger partial charge is 0.300 e. The zero-order valence-corrected chi connectivity index (χ0v) is 10.7. The minimum atomic E-state index is -3.11. The molecule has 0 fully saturated rings. The molecule has 1 nitrogen and oxygen atoms in total. The fraction of sp³-hybridized carbons (Fsp3) is 0.900. The molecule has 0 aliphatic heterocycles. The Labute approximate surface area is 85.9 Å². The summed E-state index contributed by atoms with van der Waals surface area (Å²) in [5, 5.41) is -0.815. The van der Waals surface area contributed by atoms with Crippen LogP contribution in [0.2, 0.25) is 19.6 Å². The van der Waals surface area contributed by atoms with Crippen molar-refractivity contribution in [1.29, 1.82) is 0 Å². The first-order valence-electron chi connectivity index (χ1n) is 5.04. The fourth-order valence-corrected chi connectivity index (χ4v) is 2.42. The van der Waals surface area contributed by atoms with Crippen LogP contribution in [0.15, 0.2) is 0 Å². The third-order valence-electron chi connectivity index (χ3n) is 2.32. The molecule has 0 bridgehead atoms. The Balaban J connectivity index is 4.54. The van der Waals surface area contributed by atoms with E-state index in [4.69, 9.17) is 0 Å². The van der Waals surface area contributed by atoms with Gasteiger partial charge in [0.1, 0.15) is 8.07 Å². The molecule has 0 aromatic carbocycles. The Hall–Kier alpha value is -0.253. The zero-order valence-electron chi connectivity index (χ0n) is 9.66. The summed E-state index contributed by atoms with van der Waals surface area (Å²) in [6.07, 6.45) is 0.390. The van der Waals surface area contributed by atoms with Crippen LogP contribution in [0.4, 0.5) is 8.78 Å². The smallest absolute Gasteiger partial charge is 0.299 e. The lowest BCUT2D eigenvalue weighted by atomic mass is 10.0. The van der Waals surface area contributed by atoms with Crippen LogP contribution in [-0.2, 0) is 4.79 Å². The summed E-state index contributed by atoms with van der Waals surface area (Å²) in [7, 11) is -2.36. The van der Waals surface area contributed by atoms with E-state index >= 15 is 0 Å². The van der Waals surface area contributed by atoms with Gasteiger partial charge in [-0.05, 0) is 5.92 Å². The van der Waals surface area contributed by atoms with Gasteiger partial charge in [-0.2, -0.15) is 8.78 Å². The van der Waals surface area contributed by atoms with E-state index < -0.39 is 19.4 Å². The topological polar surface area (TPSA) is 17.1 Å². The van der Waals surface area contributed by atoms with E-state index in [1.54, 1.807) is 26.6 Å². The highest BCUT2D eigenvalue weighted by Crippen LogP contribution is 2.29. The van der Waals surface area contributed by atoms with Crippen molar-refractivity contribution in [2.24, 2.45) is 5.92 Å². The SMILES string of the molecule is CCC(C)CC(F)(F)C(=O)[Si](C)(C)C. The molecule has 0 saturated heterocycles. The third kappa shape index (κ3) is 3.86. The molecule has 0 aliphatic rings. The quantitative estimate of drug-likeness (QED) is 0.651. The van der Waals surface area contributed by atoms with Crippen LogP contribution in [0.1, 0.15) is 26.7 Å². The van der Waals surface area contributed by atoms with Crippen LogP contribution in [0.5, 0.6) is 0 Å². The van der Waals surface area contributed by atoms with Crippen molar-refractivity contribution < 1.29 is 13.6 Å². The van der Waals surface area contributed by atoms with E-state index in [0.717, 1.165) is 0 Å². The molecule has 1 atom stereocenters. The second-order valence-electron chi connectivity index (χ2n) is 5.00. The summed E-state index contributed by atoms with van der Waals surface area (Å²) in [6, 6.07) is 0. The average molecular weight is 222 g/mol. The number of alkyl halides is 2. The van der Waals surface area contributed by atoms with E-state index in [0.29, 0.717) is 6.42 Å². The Morgan fingerprint density at radius 3 is 2.07 bits per heavy atom. The molecule has 0 amide bonds. The van der Waals surface area contributed by atoms with E-state index in [1.807, 2.05) is 6.92 Å². The highest BCUT2D eigenvalue weighted by molar-refractivity contribution is 7.04. The van der Waals surface area contributed by atoms with Crippen LogP contribution in [0.25, 0.3) is 0 Å². The van der Waals surface area contributed by atoms with Crippen LogP contribution in [-0.4, -0.2) is 19.4 Å². The molecule has 0 heterocycles. The first-order valence-corrected chi connectivity index (χ1v) is 8.54. The Morgan fingerprint density at radius 1 is 1.36 bits per heavy atom. The molecule has 0 aromatic rings. The minimum Gasteiger partial charge on any atom is -0.299 e. The lowest BCUT2D eigenvalue weighted by Gasteiger charge is -2.24. The maximum Gasteiger partial charge on any atom is 0.300 e. The van der Waals surface area contributed by atoms with Crippen molar-refractivity contribution in [2.75, 3.05) is 0 Å². The number of halogens is 2. The van der Waals surface area contributed by atoms with Gasteiger partial charge >= 0.3 is 5.92 Å². The fourth-order valence-electron chi connectivity index (χ4n) is 1.22. The lowest BCUT2D eigenvalue weighted by molar-refractivity contribution is -0.137. The van der Waals surface area contributed by atoms with Crippen molar-refractivity contribution in [2.45, 2.75) is 52.3 Å². The maximum absolute atomic E-state index is 13.4. The molecular weight excluding hydrogens is 202 g/mol. The van der Waals surface area contributed by atoms with Gasteiger partial charge in [-0.15, -0.1) is 0 Å². The van der Waals surface area contributed by atoms with Crippen LogP contribution in [0, 0.1) is 5.92 Å². The van der Waals surface area contributed by atoms with Crippen molar-refractivity contribution in [3.8, 4) is 0 Å². The monoisotopic (exact) mass is 222 g/mol. The van der Waals surface area contributed by atoms with Crippen LogP contribution >= 0.6 is 0 Å².